The summed E-state index contributed by atoms with van der Waals surface area (Å²) in [6, 6.07) is 12.4. The SMILES string of the molecule is COC(=O)c1ccc(C(=O)N2CCN(c3cc(Cl)ccc3C)CC2)cc1. The first-order chi connectivity index (χ1) is 12.5. The highest BCUT2D eigenvalue weighted by atomic mass is 35.5. The van der Waals surface area contributed by atoms with Crippen molar-refractivity contribution >= 4 is 29.2 Å². The van der Waals surface area contributed by atoms with Gasteiger partial charge in [-0.25, -0.2) is 4.79 Å². The summed E-state index contributed by atoms with van der Waals surface area (Å²) in [5, 5.41) is 0.717. The minimum Gasteiger partial charge on any atom is -0.465 e. The summed E-state index contributed by atoms with van der Waals surface area (Å²) >= 11 is 6.12. The summed E-state index contributed by atoms with van der Waals surface area (Å²) in [5.41, 5.74) is 3.30. The van der Waals surface area contributed by atoms with Crippen molar-refractivity contribution in [3.63, 3.8) is 0 Å². The normalized spacial score (nSPS) is 14.3. The second-order valence-electron chi connectivity index (χ2n) is 6.28. The van der Waals surface area contributed by atoms with Crippen LogP contribution in [-0.4, -0.2) is 50.1 Å². The molecule has 0 aromatic heterocycles. The van der Waals surface area contributed by atoms with Crippen LogP contribution in [0.2, 0.25) is 5.02 Å². The van der Waals surface area contributed by atoms with Gasteiger partial charge in [0.15, 0.2) is 0 Å². The molecule has 136 valence electrons. The third-order valence-electron chi connectivity index (χ3n) is 4.63. The molecule has 1 aliphatic rings. The van der Waals surface area contributed by atoms with Gasteiger partial charge in [0.25, 0.3) is 5.91 Å². The van der Waals surface area contributed by atoms with Crippen LogP contribution in [-0.2, 0) is 4.74 Å². The molecule has 1 saturated heterocycles. The summed E-state index contributed by atoms with van der Waals surface area (Å²) in [6.07, 6.45) is 0. The molecule has 26 heavy (non-hydrogen) atoms. The molecule has 0 aliphatic carbocycles. The van der Waals surface area contributed by atoms with E-state index in [1.165, 1.54) is 12.7 Å². The minimum atomic E-state index is -0.408. The third kappa shape index (κ3) is 3.83. The number of anilines is 1. The van der Waals surface area contributed by atoms with E-state index in [-0.39, 0.29) is 5.91 Å². The maximum atomic E-state index is 12.7. The number of halogens is 1. The van der Waals surface area contributed by atoms with Gasteiger partial charge >= 0.3 is 5.97 Å². The van der Waals surface area contributed by atoms with Gasteiger partial charge in [0, 0.05) is 42.5 Å². The highest BCUT2D eigenvalue weighted by Crippen LogP contribution is 2.25. The van der Waals surface area contributed by atoms with Crippen LogP contribution in [0.4, 0.5) is 5.69 Å². The van der Waals surface area contributed by atoms with Crippen LogP contribution in [0, 0.1) is 6.92 Å². The molecule has 0 saturated carbocycles. The number of carbonyl (C=O) groups is 2. The van der Waals surface area contributed by atoms with Crippen LogP contribution in [0.25, 0.3) is 0 Å². The number of hydrogen-bond acceptors (Lipinski definition) is 4. The second kappa shape index (κ2) is 7.79. The Hall–Kier alpha value is -2.53. The molecule has 2 aromatic carbocycles. The van der Waals surface area contributed by atoms with Gasteiger partial charge in [0.2, 0.25) is 0 Å². The van der Waals surface area contributed by atoms with E-state index < -0.39 is 5.97 Å². The summed E-state index contributed by atoms with van der Waals surface area (Å²) < 4.78 is 4.68. The predicted octanol–water partition coefficient (Wildman–Crippen LogP) is 3.40. The number of nitrogens with zero attached hydrogens (tertiary/aromatic N) is 2. The van der Waals surface area contributed by atoms with Crippen LogP contribution in [0.5, 0.6) is 0 Å². The van der Waals surface area contributed by atoms with Gasteiger partial charge in [-0.15, -0.1) is 0 Å². The first-order valence-corrected chi connectivity index (χ1v) is 8.86. The number of esters is 1. The second-order valence-corrected chi connectivity index (χ2v) is 6.72. The van der Waals surface area contributed by atoms with Crippen molar-refractivity contribution in [2.45, 2.75) is 6.92 Å². The molecule has 3 rings (SSSR count). The quantitative estimate of drug-likeness (QED) is 0.775. The molecule has 1 heterocycles. The summed E-state index contributed by atoms with van der Waals surface area (Å²) in [7, 11) is 1.34. The van der Waals surface area contributed by atoms with Gasteiger partial charge in [-0.05, 0) is 48.9 Å². The van der Waals surface area contributed by atoms with Gasteiger partial charge in [-0.1, -0.05) is 17.7 Å². The lowest BCUT2D eigenvalue weighted by Crippen LogP contribution is -2.49. The van der Waals surface area contributed by atoms with Gasteiger partial charge in [-0.2, -0.15) is 0 Å². The van der Waals surface area contributed by atoms with Crippen molar-refractivity contribution in [2.24, 2.45) is 0 Å². The van der Waals surface area contributed by atoms with Crippen molar-refractivity contribution in [1.82, 2.24) is 4.90 Å². The zero-order valence-corrected chi connectivity index (χ0v) is 15.6. The van der Waals surface area contributed by atoms with Gasteiger partial charge in [-0.3, -0.25) is 4.79 Å². The van der Waals surface area contributed by atoms with Gasteiger partial charge in [0.1, 0.15) is 0 Å². The van der Waals surface area contributed by atoms with Crippen molar-refractivity contribution in [3.05, 3.63) is 64.2 Å². The van der Waals surface area contributed by atoms with Crippen LogP contribution >= 0.6 is 11.6 Å². The van der Waals surface area contributed by atoms with Crippen LogP contribution in [0.3, 0.4) is 0 Å². The first-order valence-electron chi connectivity index (χ1n) is 8.48. The van der Waals surface area contributed by atoms with E-state index in [0.29, 0.717) is 24.2 Å². The number of piperazine rings is 1. The van der Waals surface area contributed by atoms with E-state index in [1.54, 1.807) is 24.3 Å². The van der Waals surface area contributed by atoms with Crippen LogP contribution in [0.15, 0.2) is 42.5 Å². The molecule has 1 aliphatic heterocycles. The smallest absolute Gasteiger partial charge is 0.337 e. The molecule has 1 amide bonds. The molecule has 5 nitrogen and oxygen atoms in total. The van der Waals surface area contributed by atoms with E-state index in [0.717, 1.165) is 23.8 Å². The average Bonchev–Trinajstić information content (AvgIpc) is 2.69. The van der Waals surface area contributed by atoms with Gasteiger partial charge < -0.3 is 14.5 Å². The Kier molecular flexibility index (Phi) is 5.47. The summed E-state index contributed by atoms with van der Waals surface area (Å²) in [5.74, 6) is -0.432. The van der Waals surface area contributed by atoms with E-state index in [4.69, 9.17) is 11.6 Å². The van der Waals surface area contributed by atoms with Crippen molar-refractivity contribution in [3.8, 4) is 0 Å². The molecule has 0 unspecified atom stereocenters. The summed E-state index contributed by atoms with van der Waals surface area (Å²) in [6.45, 7) is 4.86. The zero-order chi connectivity index (χ0) is 18.7. The standard InChI is InChI=1S/C20H21ClN2O3/c1-14-3-8-17(21)13-18(14)22-9-11-23(12-10-22)19(24)15-4-6-16(7-5-15)20(25)26-2/h3-8,13H,9-12H2,1-2H3. The van der Waals surface area contributed by atoms with Crippen molar-refractivity contribution in [2.75, 3.05) is 38.2 Å². The number of rotatable bonds is 3. The molecule has 0 N–H and O–H groups in total. The number of aryl methyl sites for hydroxylation is 1. The number of ether oxygens (including phenoxy) is 1. The molecule has 0 radical (unpaired) electrons. The van der Waals surface area contributed by atoms with Crippen LogP contribution in [0.1, 0.15) is 26.3 Å². The lowest BCUT2D eigenvalue weighted by Gasteiger charge is -2.37. The fourth-order valence-electron chi connectivity index (χ4n) is 3.12. The highest BCUT2D eigenvalue weighted by molar-refractivity contribution is 6.30. The lowest BCUT2D eigenvalue weighted by atomic mass is 10.1. The summed E-state index contributed by atoms with van der Waals surface area (Å²) in [4.78, 5) is 28.3. The Morgan fingerprint density at radius 3 is 2.19 bits per heavy atom. The van der Waals surface area contributed by atoms with E-state index in [1.807, 2.05) is 23.1 Å². The first kappa shape index (κ1) is 18.3. The molecule has 6 heteroatoms. The molecular formula is C20H21ClN2O3. The Morgan fingerprint density at radius 1 is 0.962 bits per heavy atom. The van der Waals surface area contributed by atoms with Crippen molar-refractivity contribution in [1.29, 1.82) is 0 Å². The molecule has 0 bridgehead atoms. The van der Waals surface area contributed by atoms with Crippen LogP contribution < -0.4 is 4.90 Å². The fraction of sp³-hybridized carbons (Fsp3) is 0.300. The molecule has 1 fully saturated rings. The zero-order valence-electron chi connectivity index (χ0n) is 14.9. The molecular weight excluding hydrogens is 352 g/mol. The fourth-order valence-corrected chi connectivity index (χ4v) is 3.29. The van der Waals surface area contributed by atoms with E-state index >= 15 is 0 Å². The predicted molar refractivity (Wildman–Crippen MR) is 102 cm³/mol. The van der Waals surface area contributed by atoms with E-state index in [9.17, 15) is 9.59 Å². The molecule has 2 aromatic rings. The largest absolute Gasteiger partial charge is 0.465 e. The molecule has 0 spiro atoms. The number of hydrogen-bond donors (Lipinski definition) is 0. The number of amides is 1. The number of carbonyl (C=O) groups excluding carboxylic acids is 2. The topological polar surface area (TPSA) is 49.9 Å². The maximum absolute atomic E-state index is 12.7. The third-order valence-corrected chi connectivity index (χ3v) is 4.87. The Labute approximate surface area is 158 Å². The Bertz CT molecular complexity index is 812. The average molecular weight is 373 g/mol. The monoisotopic (exact) mass is 372 g/mol. The van der Waals surface area contributed by atoms with Gasteiger partial charge in [0.05, 0.1) is 12.7 Å². The Balaban J connectivity index is 1.65. The number of methoxy groups -OCH3 is 1. The van der Waals surface area contributed by atoms with E-state index in [2.05, 4.69) is 16.6 Å². The van der Waals surface area contributed by atoms with Crippen molar-refractivity contribution < 1.29 is 14.3 Å². The lowest BCUT2D eigenvalue weighted by molar-refractivity contribution is 0.0599. The Morgan fingerprint density at radius 2 is 1.58 bits per heavy atom. The maximum Gasteiger partial charge on any atom is 0.337 e. The minimum absolute atomic E-state index is 0.0242. The molecule has 0 atom stereocenters. The highest BCUT2D eigenvalue weighted by Gasteiger charge is 2.23. The number of benzene rings is 2.